The van der Waals surface area contributed by atoms with E-state index in [9.17, 15) is 9.59 Å². The first-order valence-electron chi connectivity index (χ1n) is 12.3. The average Bonchev–Trinajstić information content (AvgIpc) is 2.90. The number of fused-ring (bicyclic) bond motifs is 1. The van der Waals surface area contributed by atoms with Gasteiger partial charge in [0.2, 0.25) is 0 Å². The number of carbonyl (C=O) groups excluding carboxylic acids is 2. The number of carbonyl (C=O) groups is 2. The summed E-state index contributed by atoms with van der Waals surface area (Å²) in [7, 11) is 0. The second-order valence-corrected chi connectivity index (χ2v) is 8.72. The third-order valence-electron chi connectivity index (χ3n) is 6.55. The Morgan fingerprint density at radius 1 is 0.886 bits per heavy atom. The van der Waals surface area contributed by atoms with Crippen LogP contribution in [0.4, 0.5) is 21.0 Å². The minimum atomic E-state index is -0.629. The van der Waals surface area contributed by atoms with Gasteiger partial charge in [-0.05, 0) is 74.1 Å². The van der Waals surface area contributed by atoms with Gasteiger partial charge >= 0.3 is 12.1 Å². The second-order valence-electron chi connectivity index (χ2n) is 8.72. The topological polar surface area (TPSA) is 61.9 Å². The maximum absolute atomic E-state index is 13.4. The Morgan fingerprint density at radius 2 is 1.54 bits per heavy atom. The first kappa shape index (κ1) is 24.3. The minimum absolute atomic E-state index is 0.116. The van der Waals surface area contributed by atoms with Crippen molar-refractivity contribution in [1.82, 2.24) is 4.90 Å². The van der Waals surface area contributed by atoms with Crippen molar-refractivity contribution in [2.24, 2.45) is 0 Å². The zero-order chi connectivity index (χ0) is 24.6. The molecule has 3 amide bonds. The summed E-state index contributed by atoms with van der Waals surface area (Å²) in [6, 6.07) is 24.7. The van der Waals surface area contributed by atoms with Crippen molar-refractivity contribution in [2.75, 3.05) is 23.3 Å². The number of aryl methyl sites for hydroxylation is 1. The maximum Gasteiger partial charge on any atom is 0.418 e. The quantitative estimate of drug-likeness (QED) is 0.442. The van der Waals surface area contributed by atoms with E-state index in [1.807, 2.05) is 66.7 Å². The highest BCUT2D eigenvalue weighted by molar-refractivity contribution is 5.99. The van der Waals surface area contributed by atoms with Gasteiger partial charge in [-0.15, -0.1) is 0 Å². The standard InChI is InChI=1S/C29H33N3O3/c1-3-31(4-2)26-18-15-25(16-19-26)30-28(33)32(29(34)35-21-22-10-6-5-7-11-22)27-17-14-23-12-8-9-13-24(23)20-27/h5-13,15-16,18-19,27H,3-4,14,17,20-21H2,1-2H3,(H,30,33). The number of amides is 3. The fourth-order valence-electron chi connectivity index (χ4n) is 4.61. The Bertz CT molecular complexity index is 1130. The molecule has 0 saturated heterocycles. The predicted octanol–water partition coefficient (Wildman–Crippen LogP) is 6.26. The molecule has 1 aliphatic carbocycles. The van der Waals surface area contributed by atoms with Crippen molar-refractivity contribution in [1.29, 1.82) is 0 Å². The number of anilines is 2. The van der Waals surface area contributed by atoms with Crippen molar-refractivity contribution >= 4 is 23.5 Å². The zero-order valence-corrected chi connectivity index (χ0v) is 20.4. The van der Waals surface area contributed by atoms with E-state index in [0.29, 0.717) is 18.5 Å². The van der Waals surface area contributed by atoms with E-state index in [1.165, 1.54) is 16.0 Å². The van der Waals surface area contributed by atoms with E-state index in [0.717, 1.165) is 30.8 Å². The van der Waals surface area contributed by atoms with Gasteiger partial charge < -0.3 is 15.0 Å². The maximum atomic E-state index is 13.4. The molecule has 182 valence electrons. The van der Waals surface area contributed by atoms with Crippen LogP contribution in [0, 0.1) is 0 Å². The summed E-state index contributed by atoms with van der Waals surface area (Å²) < 4.78 is 5.59. The third kappa shape index (κ3) is 6.01. The van der Waals surface area contributed by atoms with Gasteiger partial charge in [-0.1, -0.05) is 54.6 Å². The Labute approximate surface area is 207 Å². The first-order valence-corrected chi connectivity index (χ1v) is 12.3. The van der Waals surface area contributed by atoms with Gasteiger partial charge in [0.05, 0.1) is 0 Å². The number of hydrogen-bond acceptors (Lipinski definition) is 4. The number of nitrogens with one attached hydrogen (secondary N) is 1. The highest BCUT2D eigenvalue weighted by Crippen LogP contribution is 2.26. The Hall–Kier alpha value is -3.80. The molecule has 3 aromatic rings. The van der Waals surface area contributed by atoms with Crippen molar-refractivity contribution in [3.05, 3.63) is 95.6 Å². The van der Waals surface area contributed by atoms with Gasteiger partial charge in [0.1, 0.15) is 6.61 Å². The molecule has 0 spiro atoms. The van der Waals surface area contributed by atoms with Crippen LogP contribution in [0.1, 0.15) is 37.0 Å². The lowest BCUT2D eigenvalue weighted by Gasteiger charge is -2.33. The Morgan fingerprint density at radius 3 is 2.23 bits per heavy atom. The summed E-state index contributed by atoms with van der Waals surface area (Å²) in [5, 5.41) is 2.91. The largest absolute Gasteiger partial charge is 0.444 e. The summed E-state index contributed by atoms with van der Waals surface area (Å²) in [5.41, 5.74) is 5.05. The van der Waals surface area contributed by atoms with E-state index in [-0.39, 0.29) is 12.6 Å². The molecule has 0 aliphatic heterocycles. The number of urea groups is 1. The molecule has 6 heteroatoms. The number of hydrogen-bond donors (Lipinski definition) is 1. The Kier molecular flexibility index (Phi) is 8.03. The van der Waals surface area contributed by atoms with Crippen LogP contribution < -0.4 is 10.2 Å². The molecular weight excluding hydrogens is 438 g/mol. The second kappa shape index (κ2) is 11.6. The van der Waals surface area contributed by atoms with Gasteiger partial charge in [0, 0.05) is 30.5 Å². The zero-order valence-electron chi connectivity index (χ0n) is 20.4. The van der Waals surface area contributed by atoms with E-state index in [4.69, 9.17) is 4.74 Å². The smallest absolute Gasteiger partial charge is 0.418 e. The summed E-state index contributed by atoms with van der Waals surface area (Å²) >= 11 is 0. The van der Waals surface area contributed by atoms with E-state index >= 15 is 0 Å². The average molecular weight is 472 g/mol. The molecular formula is C29H33N3O3. The summed E-state index contributed by atoms with van der Waals surface area (Å²) in [5.74, 6) is 0. The molecule has 35 heavy (non-hydrogen) atoms. The lowest BCUT2D eigenvalue weighted by molar-refractivity contribution is 0.0919. The predicted molar refractivity (Wildman–Crippen MR) is 140 cm³/mol. The highest BCUT2D eigenvalue weighted by atomic mass is 16.6. The molecule has 0 fully saturated rings. The fraction of sp³-hybridized carbons (Fsp3) is 0.310. The van der Waals surface area contributed by atoms with Crippen LogP contribution in [-0.2, 0) is 24.2 Å². The van der Waals surface area contributed by atoms with Gasteiger partial charge in [-0.3, -0.25) is 0 Å². The van der Waals surface area contributed by atoms with Crippen molar-refractivity contribution in [3.63, 3.8) is 0 Å². The van der Waals surface area contributed by atoms with Crippen LogP contribution in [0.15, 0.2) is 78.9 Å². The van der Waals surface area contributed by atoms with Crippen LogP contribution >= 0.6 is 0 Å². The van der Waals surface area contributed by atoms with Gasteiger partial charge in [0.15, 0.2) is 0 Å². The highest BCUT2D eigenvalue weighted by Gasteiger charge is 2.34. The molecule has 1 N–H and O–H groups in total. The molecule has 1 atom stereocenters. The normalized spacial score (nSPS) is 14.5. The number of ether oxygens (including phenoxy) is 1. The summed E-state index contributed by atoms with van der Waals surface area (Å²) in [6.45, 7) is 6.16. The SMILES string of the molecule is CCN(CC)c1ccc(NC(=O)N(C(=O)OCc2ccccc2)C2CCc3ccccc3C2)cc1. The van der Waals surface area contributed by atoms with Gasteiger partial charge in [0.25, 0.3) is 0 Å². The number of rotatable bonds is 7. The van der Waals surface area contributed by atoms with E-state index in [2.05, 4.69) is 36.2 Å². The van der Waals surface area contributed by atoms with Crippen LogP contribution in [0.25, 0.3) is 0 Å². The lowest BCUT2D eigenvalue weighted by Crippen LogP contribution is -2.49. The molecule has 0 heterocycles. The number of imide groups is 1. The molecule has 0 bridgehead atoms. The molecule has 6 nitrogen and oxygen atoms in total. The van der Waals surface area contributed by atoms with Crippen LogP contribution in [-0.4, -0.2) is 36.2 Å². The van der Waals surface area contributed by atoms with Gasteiger partial charge in [-0.2, -0.15) is 0 Å². The molecule has 0 radical (unpaired) electrons. The number of benzene rings is 3. The fourth-order valence-corrected chi connectivity index (χ4v) is 4.61. The van der Waals surface area contributed by atoms with Crippen molar-refractivity contribution in [3.8, 4) is 0 Å². The van der Waals surface area contributed by atoms with Gasteiger partial charge in [-0.25, -0.2) is 14.5 Å². The molecule has 4 rings (SSSR count). The summed E-state index contributed by atoms with van der Waals surface area (Å²) in [4.78, 5) is 30.1. The molecule has 1 unspecified atom stereocenters. The molecule has 0 aromatic heterocycles. The van der Waals surface area contributed by atoms with E-state index < -0.39 is 12.1 Å². The molecule has 3 aromatic carbocycles. The van der Waals surface area contributed by atoms with Crippen LogP contribution in [0.2, 0.25) is 0 Å². The monoisotopic (exact) mass is 471 g/mol. The lowest BCUT2D eigenvalue weighted by atomic mass is 9.88. The summed E-state index contributed by atoms with van der Waals surface area (Å²) in [6.07, 6.45) is 1.50. The number of nitrogens with zero attached hydrogens (tertiary/aromatic N) is 2. The molecule has 0 saturated carbocycles. The van der Waals surface area contributed by atoms with E-state index in [1.54, 1.807) is 0 Å². The van der Waals surface area contributed by atoms with Crippen LogP contribution in [0.5, 0.6) is 0 Å². The van der Waals surface area contributed by atoms with Crippen LogP contribution in [0.3, 0.4) is 0 Å². The van der Waals surface area contributed by atoms with Crippen molar-refractivity contribution in [2.45, 2.75) is 45.8 Å². The minimum Gasteiger partial charge on any atom is -0.444 e. The third-order valence-corrected chi connectivity index (χ3v) is 6.55. The first-order chi connectivity index (χ1) is 17.1. The Balaban J connectivity index is 1.51. The molecule has 1 aliphatic rings. The van der Waals surface area contributed by atoms with Crippen molar-refractivity contribution < 1.29 is 14.3 Å².